The number of rotatable bonds is 12. The first-order valence-electron chi connectivity index (χ1n) is 8.01. The van der Waals surface area contributed by atoms with Crippen molar-refractivity contribution in [1.82, 2.24) is 0 Å². The van der Waals surface area contributed by atoms with E-state index in [1.807, 2.05) is 0 Å². The summed E-state index contributed by atoms with van der Waals surface area (Å²) in [5, 5.41) is 10.2. The fraction of sp³-hybridized carbons (Fsp3) is 1.00. The van der Waals surface area contributed by atoms with E-state index in [9.17, 15) is 13.5 Å². The average molecular weight is 332 g/mol. The Kier molecular flexibility index (Phi) is 26.6. The minimum Gasteiger partial charge on any atom is -0.854 e. The van der Waals surface area contributed by atoms with E-state index >= 15 is 0 Å². The zero-order valence-electron chi connectivity index (χ0n) is 14.3. The Morgan fingerprint density at radius 3 is 1.29 bits per heavy atom. The second-order valence-electron chi connectivity index (χ2n) is 5.11. The van der Waals surface area contributed by atoms with Crippen molar-refractivity contribution in [3.05, 3.63) is 0 Å². The predicted molar refractivity (Wildman–Crippen MR) is 83.4 cm³/mol. The third-order valence-corrected chi connectivity index (χ3v) is 3.84. The van der Waals surface area contributed by atoms with E-state index in [0.29, 0.717) is 0 Å². The molecule has 0 amide bonds. The van der Waals surface area contributed by atoms with Crippen molar-refractivity contribution in [2.24, 2.45) is 0 Å². The van der Waals surface area contributed by atoms with E-state index in [1.165, 1.54) is 64.7 Å². The summed E-state index contributed by atoms with van der Waals surface area (Å²) in [6, 6.07) is 0. The molecule has 0 aliphatic rings. The standard InChI is InChI=1S/C13H27O.C2H6O3S.Na/c1-2-3-4-5-6-7-8-9-10-11-12-13-14;1-2-6(3,4)5;/h2-13H2,1H3;2H2,1H3,(H,3,4,5);/q-1;;+1. The van der Waals surface area contributed by atoms with Gasteiger partial charge in [0.25, 0.3) is 10.1 Å². The van der Waals surface area contributed by atoms with E-state index in [1.54, 1.807) is 0 Å². The molecule has 0 saturated carbocycles. The van der Waals surface area contributed by atoms with Crippen LogP contribution in [0.5, 0.6) is 0 Å². The van der Waals surface area contributed by atoms with Crippen LogP contribution in [-0.2, 0) is 10.1 Å². The number of unbranched alkanes of at least 4 members (excludes halogenated alkanes) is 10. The molecule has 0 bridgehead atoms. The summed E-state index contributed by atoms with van der Waals surface area (Å²) in [5.41, 5.74) is 0. The first kappa shape index (κ1) is 26.8. The molecular formula is C15H33NaO4S. The van der Waals surface area contributed by atoms with Crippen LogP contribution >= 0.6 is 0 Å². The molecule has 124 valence electrons. The van der Waals surface area contributed by atoms with Crippen LogP contribution in [0.25, 0.3) is 0 Å². The van der Waals surface area contributed by atoms with E-state index in [0.717, 1.165) is 12.8 Å². The molecule has 0 fully saturated rings. The van der Waals surface area contributed by atoms with E-state index < -0.39 is 10.1 Å². The Morgan fingerprint density at radius 2 is 1.05 bits per heavy atom. The van der Waals surface area contributed by atoms with Gasteiger partial charge in [-0.1, -0.05) is 77.6 Å². The third kappa shape index (κ3) is 33.6. The summed E-state index contributed by atoms with van der Waals surface area (Å²) in [7, 11) is -3.66. The molecular weight excluding hydrogens is 299 g/mol. The van der Waals surface area contributed by atoms with E-state index in [-0.39, 0.29) is 41.9 Å². The summed E-state index contributed by atoms with van der Waals surface area (Å²) < 4.78 is 26.9. The SMILES string of the molecule is CCCCCCCCCCCCC[O-].CCS(=O)(=O)O.[Na+]. The molecule has 21 heavy (non-hydrogen) atoms. The van der Waals surface area contributed by atoms with Crippen LogP contribution in [-0.4, -0.2) is 25.3 Å². The maximum atomic E-state index is 10.2. The number of hydrogen-bond donors (Lipinski definition) is 1. The molecule has 0 radical (unpaired) electrons. The van der Waals surface area contributed by atoms with Crippen LogP contribution in [0.1, 0.15) is 84.5 Å². The van der Waals surface area contributed by atoms with Gasteiger partial charge in [0.15, 0.2) is 0 Å². The van der Waals surface area contributed by atoms with Crippen molar-refractivity contribution < 1.29 is 47.6 Å². The molecule has 0 aliphatic heterocycles. The van der Waals surface area contributed by atoms with Gasteiger partial charge in [0.2, 0.25) is 0 Å². The second kappa shape index (κ2) is 20.9. The maximum absolute atomic E-state index is 10.2. The molecule has 0 unspecified atom stereocenters. The summed E-state index contributed by atoms with van der Waals surface area (Å²) in [5.74, 6) is -0.201. The van der Waals surface area contributed by atoms with Gasteiger partial charge in [-0.15, -0.1) is 6.61 Å². The first-order valence-corrected chi connectivity index (χ1v) is 9.62. The van der Waals surface area contributed by atoms with Crippen molar-refractivity contribution in [2.45, 2.75) is 84.5 Å². The predicted octanol–water partition coefficient (Wildman–Crippen LogP) is 0.556. The summed E-state index contributed by atoms with van der Waals surface area (Å²) in [4.78, 5) is 0. The van der Waals surface area contributed by atoms with Gasteiger partial charge in [-0.2, -0.15) is 8.42 Å². The van der Waals surface area contributed by atoms with Crippen molar-refractivity contribution in [1.29, 1.82) is 0 Å². The van der Waals surface area contributed by atoms with Gasteiger partial charge in [-0.3, -0.25) is 4.55 Å². The van der Waals surface area contributed by atoms with Crippen molar-refractivity contribution in [2.75, 3.05) is 12.4 Å². The topological polar surface area (TPSA) is 77.4 Å². The smallest absolute Gasteiger partial charge is 0.854 e. The minimum absolute atomic E-state index is 0. The van der Waals surface area contributed by atoms with Gasteiger partial charge in [-0.05, 0) is 6.92 Å². The van der Waals surface area contributed by atoms with Crippen LogP contribution < -0.4 is 34.7 Å². The zero-order valence-corrected chi connectivity index (χ0v) is 17.1. The zero-order chi connectivity index (χ0) is 15.7. The Labute approximate surface area is 154 Å². The summed E-state index contributed by atoms with van der Waals surface area (Å²) in [6.45, 7) is 3.75. The van der Waals surface area contributed by atoms with Crippen molar-refractivity contribution in [3.63, 3.8) is 0 Å². The van der Waals surface area contributed by atoms with Crippen molar-refractivity contribution in [3.8, 4) is 0 Å². The summed E-state index contributed by atoms with van der Waals surface area (Å²) in [6.07, 6.45) is 14.5. The Bertz CT molecular complexity index is 257. The molecule has 0 aliphatic carbocycles. The van der Waals surface area contributed by atoms with Crippen LogP contribution in [0.3, 0.4) is 0 Å². The molecule has 4 nitrogen and oxygen atoms in total. The fourth-order valence-electron chi connectivity index (χ4n) is 1.77. The molecule has 0 aromatic carbocycles. The number of hydrogen-bond acceptors (Lipinski definition) is 3. The quantitative estimate of drug-likeness (QED) is 0.322. The Morgan fingerprint density at radius 1 is 0.762 bits per heavy atom. The molecule has 0 aromatic heterocycles. The van der Waals surface area contributed by atoms with Gasteiger partial charge in [-0.25, -0.2) is 0 Å². The fourth-order valence-corrected chi connectivity index (χ4v) is 1.77. The normalized spacial score (nSPS) is 10.5. The maximum Gasteiger partial charge on any atom is 1.00 e. The molecule has 0 heterocycles. The Hall–Kier alpha value is 0.870. The van der Waals surface area contributed by atoms with E-state index in [2.05, 4.69) is 6.92 Å². The monoisotopic (exact) mass is 332 g/mol. The molecule has 0 rings (SSSR count). The van der Waals surface area contributed by atoms with Crippen LogP contribution in [0.4, 0.5) is 0 Å². The van der Waals surface area contributed by atoms with Gasteiger partial charge >= 0.3 is 29.6 Å². The molecule has 0 atom stereocenters. The van der Waals surface area contributed by atoms with Crippen LogP contribution in [0, 0.1) is 0 Å². The van der Waals surface area contributed by atoms with E-state index in [4.69, 9.17) is 4.55 Å². The third-order valence-electron chi connectivity index (χ3n) is 3.11. The van der Waals surface area contributed by atoms with Crippen molar-refractivity contribution >= 4 is 10.1 Å². The minimum atomic E-state index is -3.66. The summed E-state index contributed by atoms with van der Waals surface area (Å²) >= 11 is 0. The van der Waals surface area contributed by atoms with Crippen LogP contribution in [0.15, 0.2) is 0 Å². The first-order chi connectivity index (χ1) is 9.47. The van der Waals surface area contributed by atoms with Crippen LogP contribution in [0.2, 0.25) is 0 Å². The molecule has 0 saturated heterocycles. The van der Waals surface area contributed by atoms with Gasteiger partial charge in [0, 0.05) is 0 Å². The van der Waals surface area contributed by atoms with Gasteiger partial charge in [0.05, 0.1) is 5.75 Å². The average Bonchev–Trinajstić information content (AvgIpc) is 2.41. The van der Waals surface area contributed by atoms with Gasteiger partial charge < -0.3 is 5.11 Å². The second-order valence-corrected chi connectivity index (χ2v) is 6.85. The molecule has 6 heteroatoms. The molecule has 0 aromatic rings. The Balaban J connectivity index is -0.000000394. The van der Waals surface area contributed by atoms with Gasteiger partial charge in [0.1, 0.15) is 0 Å². The molecule has 1 N–H and O–H groups in total. The molecule has 0 spiro atoms. The largest absolute Gasteiger partial charge is 1.00 e.